The second kappa shape index (κ2) is 13.6. The Balaban J connectivity index is 0.000000189. The number of hydrogen-bond donors (Lipinski definition) is 0. The van der Waals surface area contributed by atoms with Gasteiger partial charge in [-0.15, -0.1) is 18.2 Å². The van der Waals surface area contributed by atoms with Crippen molar-refractivity contribution in [1.29, 1.82) is 0 Å². The smallest absolute Gasteiger partial charge is 0.120 e. The third kappa shape index (κ3) is 6.38. The molecule has 0 atom stereocenters. The monoisotopic (exact) mass is 874 g/mol. The molecule has 0 saturated carbocycles. The molecule has 0 amide bonds. The number of para-hydroxylation sites is 3. The van der Waals surface area contributed by atoms with Gasteiger partial charge in [0.25, 0.3) is 0 Å². The van der Waals surface area contributed by atoms with E-state index >= 15 is 0 Å². The molecule has 0 spiro atoms. The van der Waals surface area contributed by atoms with Crippen LogP contribution in [-0.2, 0) is 20.1 Å². The summed E-state index contributed by atoms with van der Waals surface area (Å²) in [7, 11) is 0. The van der Waals surface area contributed by atoms with Gasteiger partial charge in [0.1, 0.15) is 5.58 Å². The number of benzene rings is 6. The molecule has 9 aromatic rings. The Hall–Kier alpha value is -4.81. The number of nitrogens with zero attached hydrogens (tertiary/aromatic N) is 3. The molecule has 0 aliphatic heterocycles. The molecule has 6 aromatic carbocycles. The number of rotatable bonds is 4. The minimum absolute atomic E-state index is 0. The first-order valence-corrected chi connectivity index (χ1v) is 23.5. The van der Waals surface area contributed by atoms with E-state index < -0.39 is 13.3 Å². The third-order valence-electron chi connectivity index (χ3n) is 8.73. The SMILES string of the molecule is [CH3][Ge]([CH3])([CH3])[c]1ccc(-c2[c-]cccc2)nc1.[Ir].[c-]1ccc2c(oc3ccccc32)c1-c1nc2ccccc2n1-c1ccc2ccccc2c1. The fraction of sp³-hybridized carbons (Fsp3) is 0.0698. The van der Waals surface area contributed by atoms with E-state index in [1.54, 1.807) is 0 Å². The summed E-state index contributed by atoms with van der Waals surface area (Å²) in [4.78, 5) is 9.56. The van der Waals surface area contributed by atoms with Crippen LogP contribution in [0.1, 0.15) is 0 Å². The second-order valence-corrected chi connectivity index (χ2v) is 23.6. The Morgan fingerprint density at radius 3 is 2.24 bits per heavy atom. The van der Waals surface area contributed by atoms with Crippen molar-refractivity contribution < 1.29 is 24.5 Å². The fourth-order valence-electron chi connectivity index (χ4n) is 6.18. The van der Waals surface area contributed by atoms with Crippen LogP contribution in [0.15, 0.2) is 150 Å². The molecule has 49 heavy (non-hydrogen) atoms. The Morgan fingerprint density at radius 1 is 0.673 bits per heavy atom. The molecule has 0 aliphatic rings. The Bertz CT molecular complexity index is 2550. The molecule has 0 N–H and O–H groups in total. The molecule has 0 saturated heterocycles. The van der Waals surface area contributed by atoms with E-state index in [0.717, 1.165) is 61.3 Å². The normalized spacial score (nSPS) is 11.4. The third-order valence-corrected chi connectivity index (χ3v) is 13.0. The maximum absolute atomic E-state index is 6.31. The van der Waals surface area contributed by atoms with Gasteiger partial charge < -0.3 is 8.98 Å². The second-order valence-electron chi connectivity index (χ2n) is 12.9. The quantitative estimate of drug-likeness (QED) is 0.131. The van der Waals surface area contributed by atoms with Crippen molar-refractivity contribution in [3.8, 4) is 28.3 Å². The average molecular weight is 873 g/mol. The first-order valence-electron chi connectivity index (χ1n) is 16.2. The topological polar surface area (TPSA) is 43.9 Å². The van der Waals surface area contributed by atoms with Gasteiger partial charge in [0.05, 0.1) is 22.4 Å². The summed E-state index contributed by atoms with van der Waals surface area (Å²) in [5, 5.41) is 4.59. The maximum atomic E-state index is 6.31. The minimum atomic E-state index is -1.72. The number of aromatic nitrogens is 3. The van der Waals surface area contributed by atoms with Crippen LogP contribution in [0.4, 0.5) is 0 Å². The predicted molar refractivity (Wildman–Crippen MR) is 202 cm³/mol. The van der Waals surface area contributed by atoms with E-state index in [1.165, 1.54) is 15.2 Å². The van der Waals surface area contributed by atoms with E-state index in [1.807, 2.05) is 60.8 Å². The number of pyridine rings is 1. The molecule has 6 heteroatoms. The van der Waals surface area contributed by atoms with Gasteiger partial charge in [-0.2, -0.15) is 0 Å². The number of fused-ring (bicyclic) bond motifs is 5. The summed E-state index contributed by atoms with van der Waals surface area (Å²) >= 11 is -1.72. The van der Waals surface area contributed by atoms with Crippen LogP contribution < -0.4 is 4.40 Å². The molecule has 1 radical (unpaired) electrons. The average Bonchev–Trinajstić information content (AvgIpc) is 3.71. The first-order chi connectivity index (χ1) is 23.4. The summed E-state index contributed by atoms with van der Waals surface area (Å²) in [6, 6.07) is 54.2. The van der Waals surface area contributed by atoms with Gasteiger partial charge in [0.2, 0.25) is 0 Å². The van der Waals surface area contributed by atoms with Crippen molar-refractivity contribution in [2.24, 2.45) is 0 Å². The number of furan rings is 1. The largest absolute Gasteiger partial charge is 0.501 e. The maximum Gasteiger partial charge on any atom is 0.120 e. The van der Waals surface area contributed by atoms with Crippen molar-refractivity contribution in [2.45, 2.75) is 17.3 Å². The molecule has 0 unspecified atom stereocenters. The molecule has 9 rings (SSSR count). The molecule has 3 aromatic heterocycles. The zero-order chi connectivity index (χ0) is 32.7. The van der Waals surface area contributed by atoms with Crippen molar-refractivity contribution in [1.82, 2.24) is 14.5 Å². The van der Waals surface area contributed by atoms with Gasteiger partial charge in [-0.3, -0.25) is 4.98 Å². The Morgan fingerprint density at radius 2 is 1.45 bits per heavy atom. The van der Waals surface area contributed by atoms with Crippen LogP contribution in [-0.4, -0.2) is 27.8 Å². The number of hydrogen-bond acceptors (Lipinski definition) is 3. The van der Waals surface area contributed by atoms with Crippen LogP contribution >= 0.6 is 0 Å². The van der Waals surface area contributed by atoms with Gasteiger partial charge in [0.15, 0.2) is 0 Å². The van der Waals surface area contributed by atoms with Crippen LogP contribution in [0.5, 0.6) is 0 Å². The van der Waals surface area contributed by atoms with Gasteiger partial charge in [-0.25, -0.2) is 0 Å². The molecule has 3 heterocycles. The van der Waals surface area contributed by atoms with Crippen molar-refractivity contribution in [3.05, 3.63) is 158 Å². The molecule has 241 valence electrons. The van der Waals surface area contributed by atoms with E-state index in [4.69, 9.17) is 9.40 Å². The first kappa shape index (κ1) is 32.7. The van der Waals surface area contributed by atoms with Gasteiger partial charge in [0, 0.05) is 31.2 Å². The van der Waals surface area contributed by atoms with Crippen LogP contribution in [0.2, 0.25) is 17.3 Å². The Labute approximate surface area is 302 Å². The zero-order valence-electron chi connectivity index (χ0n) is 27.4. The summed E-state index contributed by atoms with van der Waals surface area (Å²) in [6.07, 6.45) is 2.04. The summed E-state index contributed by atoms with van der Waals surface area (Å²) in [5.74, 6) is 7.97. The standard InChI is InChI=1S/C29H17N2O.C14H16GeN.Ir/c1-2-9-20-18-21(17-16-19(20)8-1)31-26-14-5-4-13-25(26)30-29(31)24-12-7-11-23-22-10-3-6-15-27(22)32-28(23)24;1-15(2,3)13-9-10-14(16-11-13)12-7-5-4-6-8-12;/h1-11,13-18H;4-7,9-11H,1-3H3;/q2*-1;. The van der Waals surface area contributed by atoms with Crippen LogP contribution in [0.25, 0.3) is 72.1 Å². The van der Waals surface area contributed by atoms with Crippen LogP contribution in [0, 0.1) is 12.1 Å². The van der Waals surface area contributed by atoms with E-state index in [0.29, 0.717) is 0 Å². The molecule has 0 fully saturated rings. The van der Waals surface area contributed by atoms with Gasteiger partial charge in [-0.1, -0.05) is 71.6 Å². The summed E-state index contributed by atoms with van der Waals surface area (Å²) < 4.78 is 9.96. The zero-order valence-corrected chi connectivity index (χ0v) is 31.9. The van der Waals surface area contributed by atoms with Crippen molar-refractivity contribution in [2.75, 3.05) is 0 Å². The van der Waals surface area contributed by atoms with E-state index in [2.05, 4.69) is 124 Å². The van der Waals surface area contributed by atoms with Gasteiger partial charge >= 0.3 is 99.8 Å². The van der Waals surface area contributed by atoms with E-state index in [-0.39, 0.29) is 20.1 Å². The van der Waals surface area contributed by atoms with E-state index in [9.17, 15) is 0 Å². The van der Waals surface area contributed by atoms with Crippen molar-refractivity contribution in [3.63, 3.8) is 0 Å². The molecule has 0 bridgehead atoms. The fourth-order valence-corrected chi connectivity index (χ4v) is 8.35. The molecule has 0 aliphatic carbocycles. The van der Waals surface area contributed by atoms with Crippen LogP contribution in [0.3, 0.4) is 0 Å². The Kier molecular flexibility index (Phi) is 9.08. The molecular formula is C43H33GeIrN3O-2. The summed E-state index contributed by atoms with van der Waals surface area (Å²) in [5.41, 5.74) is 7.68. The minimum Gasteiger partial charge on any atom is -0.501 e. The molecule has 4 nitrogen and oxygen atoms in total. The van der Waals surface area contributed by atoms with Gasteiger partial charge in [-0.05, 0) is 41.1 Å². The van der Waals surface area contributed by atoms with Crippen molar-refractivity contribution >= 4 is 61.4 Å². The summed E-state index contributed by atoms with van der Waals surface area (Å²) in [6.45, 7) is 0. The number of imidazole rings is 1. The molecular weight excluding hydrogens is 839 g/mol. The predicted octanol–water partition coefficient (Wildman–Crippen LogP) is 10.6.